The summed E-state index contributed by atoms with van der Waals surface area (Å²) in [7, 11) is 0. The summed E-state index contributed by atoms with van der Waals surface area (Å²) in [5, 5.41) is 11.5. The Balaban J connectivity index is 2.71. The predicted molar refractivity (Wildman–Crippen MR) is 59.7 cm³/mol. The lowest BCUT2D eigenvalue weighted by Gasteiger charge is -2.17. The second kappa shape index (κ2) is 6.81. The third-order valence-corrected chi connectivity index (χ3v) is 2.29. The predicted octanol–water partition coefficient (Wildman–Crippen LogP) is 2.85. The van der Waals surface area contributed by atoms with Crippen LogP contribution >= 0.6 is 0 Å². The van der Waals surface area contributed by atoms with E-state index in [1.54, 1.807) is 18.2 Å². The minimum absolute atomic E-state index is 0.140. The van der Waals surface area contributed by atoms with Gasteiger partial charge in [0.15, 0.2) is 0 Å². The Morgan fingerprint density at radius 2 is 2.12 bits per heavy atom. The highest BCUT2D eigenvalue weighted by atomic mass is 19.3. The van der Waals surface area contributed by atoms with Crippen molar-refractivity contribution in [2.75, 3.05) is 6.54 Å². The van der Waals surface area contributed by atoms with Crippen molar-refractivity contribution in [3.05, 3.63) is 29.8 Å². The number of nitriles is 1. The number of benzene rings is 1. The van der Waals surface area contributed by atoms with E-state index in [1.165, 1.54) is 6.07 Å². The summed E-state index contributed by atoms with van der Waals surface area (Å²) in [6, 6.07) is 8.50. The van der Waals surface area contributed by atoms with E-state index >= 15 is 0 Å². The van der Waals surface area contributed by atoms with Crippen molar-refractivity contribution in [3.63, 3.8) is 0 Å². The van der Waals surface area contributed by atoms with E-state index < -0.39 is 6.61 Å². The summed E-state index contributed by atoms with van der Waals surface area (Å²) >= 11 is 0. The lowest BCUT2D eigenvalue weighted by atomic mass is 10.1. The van der Waals surface area contributed by atoms with Gasteiger partial charge >= 0.3 is 6.61 Å². The average Bonchev–Trinajstić information content (AvgIpc) is 2.29. The number of hydrogen-bond acceptors (Lipinski definition) is 3. The first-order valence-corrected chi connectivity index (χ1v) is 5.29. The molecule has 17 heavy (non-hydrogen) atoms. The first-order valence-electron chi connectivity index (χ1n) is 5.29. The Bertz CT molecular complexity index is 390. The second-order valence-corrected chi connectivity index (χ2v) is 3.50. The molecule has 1 aromatic carbocycles. The molecular weight excluding hydrogens is 226 g/mol. The SMILES string of the molecule is CC(NCCC#N)c1ccccc1OC(F)F. The van der Waals surface area contributed by atoms with Crippen molar-refractivity contribution < 1.29 is 13.5 Å². The van der Waals surface area contributed by atoms with Gasteiger partial charge in [0.2, 0.25) is 0 Å². The molecule has 0 saturated carbocycles. The molecule has 0 aliphatic rings. The maximum atomic E-state index is 12.2. The van der Waals surface area contributed by atoms with Crippen LogP contribution in [-0.2, 0) is 0 Å². The van der Waals surface area contributed by atoms with Crippen LogP contribution in [0.5, 0.6) is 5.75 Å². The molecule has 0 bridgehead atoms. The largest absolute Gasteiger partial charge is 0.434 e. The molecule has 0 radical (unpaired) electrons. The molecule has 1 atom stereocenters. The number of nitrogens with one attached hydrogen (secondary N) is 1. The summed E-state index contributed by atoms with van der Waals surface area (Å²) < 4.78 is 28.8. The molecule has 1 unspecified atom stereocenters. The van der Waals surface area contributed by atoms with Gasteiger partial charge in [-0.15, -0.1) is 0 Å². The maximum absolute atomic E-state index is 12.2. The van der Waals surface area contributed by atoms with Crippen LogP contribution in [0.25, 0.3) is 0 Å². The number of rotatable bonds is 6. The number of halogens is 2. The number of nitrogens with zero attached hydrogens (tertiary/aromatic N) is 1. The van der Waals surface area contributed by atoms with Crippen LogP contribution in [0.4, 0.5) is 8.78 Å². The number of para-hydroxylation sites is 1. The van der Waals surface area contributed by atoms with Crippen LogP contribution in [-0.4, -0.2) is 13.2 Å². The first-order chi connectivity index (χ1) is 8.15. The van der Waals surface area contributed by atoms with Gasteiger partial charge in [-0.25, -0.2) is 0 Å². The van der Waals surface area contributed by atoms with Crippen LogP contribution in [0, 0.1) is 11.3 Å². The third kappa shape index (κ3) is 4.37. The smallest absolute Gasteiger partial charge is 0.387 e. The molecule has 92 valence electrons. The fraction of sp³-hybridized carbons (Fsp3) is 0.417. The maximum Gasteiger partial charge on any atom is 0.387 e. The zero-order chi connectivity index (χ0) is 12.7. The highest BCUT2D eigenvalue weighted by molar-refractivity contribution is 5.35. The van der Waals surface area contributed by atoms with E-state index in [4.69, 9.17) is 5.26 Å². The van der Waals surface area contributed by atoms with Crippen molar-refractivity contribution in [1.29, 1.82) is 5.26 Å². The quantitative estimate of drug-likeness (QED) is 0.777. The van der Waals surface area contributed by atoms with Gasteiger partial charge < -0.3 is 10.1 Å². The Labute approximate surface area is 99.0 Å². The summed E-state index contributed by atoms with van der Waals surface area (Å²) in [5.41, 5.74) is 0.658. The fourth-order valence-electron chi connectivity index (χ4n) is 1.50. The third-order valence-electron chi connectivity index (χ3n) is 2.29. The van der Waals surface area contributed by atoms with E-state index in [0.717, 1.165) is 0 Å². The first kappa shape index (κ1) is 13.4. The molecule has 0 saturated heterocycles. The van der Waals surface area contributed by atoms with Gasteiger partial charge in [-0.05, 0) is 13.0 Å². The van der Waals surface area contributed by atoms with Crippen LogP contribution < -0.4 is 10.1 Å². The Kier molecular flexibility index (Phi) is 5.37. The number of alkyl halides is 2. The van der Waals surface area contributed by atoms with E-state index in [9.17, 15) is 8.78 Å². The number of ether oxygens (including phenoxy) is 1. The van der Waals surface area contributed by atoms with Crippen LogP contribution in [0.15, 0.2) is 24.3 Å². The van der Waals surface area contributed by atoms with Crippen molar-refractivity contribution in [3.8, 4) is 11.8 Å². The molecule has 0 aliphatic heterocycles. The van der Waals surface area contributed by atoms with E-state index in [0.29, 0.717) is 18.5 Å². The zero-order valence-corrected chi connectivity index (χ0v) is 9.49. The van der Waals surface area contributed by atoms with Crippen molar-refractivity contribution >= 4 is 0 Å². The minimum atomic E-state index is -2.83. The second-order valence-electron chi connectivity index (χ2n) is 3.50. The normalized spacial score (nSPS) is 12.2. The molecule has 1 aromatic rings. The van der Waals surface area contributed by atoms with E-state index in [2.05, 4.69) is 10.1 Å². The molecule has 0 aliphatic carbocycles. The van der Waals surface area contributed by atoms with Gasteiger partial charge in [0.05, 0.1) is 6.07 Å². The molecule has 1 N–H and O–H groups in total. The summed E-state index contributed by atoms with van der Waals surface area (Å²) in [4.78, 5) is 0. The molecule has 0 aromatic heterocycles. The lowest BCUT2D eigenvalue weighted by molar-refractivity contribution is -0.0506. The average molecular weight is 240 g/mol. The highest BCUT2D eigenvalue weighted by Crippen LogP contribution is 2.26. The number of hydrogen-bond donors (Lipinski definition) is 1. The van der Waals surface area contributed by atoms with Crippen molar-refractivity contribution in [2.45, 2.75) is 26.0 Å². The molecular formula is C12H14F2N2O. The van der Waals surface area contributed by atoms with Gasteiger partial charge in [0.25, 0.3) is 0 Å². The fourth-order valence-corrected chi connectivity index (χ4v) is 1.50. The zero-order valence-electron chi connectivity index (χ0n) is 9.49. The van der Waals surface area contributed by atoms with Crippen LogP contribution in [0.3, 0.4) is 0 Å². The molecule has 0 amide bonds. The van der Waals surface area contributed by atoms with Gasteiger partial charge in [0.1, 0.15) is 5.75 Å². The summed E-state index contributed by atoms with van der Waals surface area (Å²) in [6.07, 6.45) is 0.377. The standard InChI is InChI=1S/C12H14F2N2O/c1-9(16-8-4-7-15)10-5-2-3-6-11(10)17-12(13)14/h2-3,5-6,9,12,16H,4,8H2,1H3. The van der Waals surface area contributed by atoms with Gasteiger partial charge in [-0.2, -0.15) is 14.0 Å². The van der Waals surface area contributed by atoms with E-state index in [1.807, 2.05) is 13.0 Å². The lowest BCUT2D eigenvalue weighted by Crippen LogP contribution is -2.20. The molecule has 0 fully saturated rings. The molecule has 1 rings (SSSR count). The topological polar surface area (TPSA) is 45.0 Å². The highest BCUT2D eigenvalue weighted by Gasteiger charge is 2.13. The van der Waals surface area contributed by atoms with E-state index in [-0.39, 0.29) is 11.8 Å². The minimum Gasteiger partial charge on any atom is -0.434 e. The van der Waals surface area contributed by atoms with Crippen LogP contribution in [0.2, 0.25) is 0 Å². The van der Waals surface area contributed by atoms with Gasteiger partial charge in [-0.1, -0.05) is 18.2 Å². The van der Waals surface area contributed by atoms with Crippen molar-refractivity contribution in [1.82, 2.24) is 5.32 Å². The molecule has 3 nitrogen and oxygen atoms in total. The Morgan fingerprint density at radius 1 is 1.41 bits per heavy atom. The van der Waals surface area contributed by atoms with Gasteiger partial charge in [-0.3, -0.25) is 0 Å². The van der Waals surface area contributed by atoms with Crippen LogP contribution in [0.1, 0.15) is 24.9 Å². The van der Waals surface area contributed by atoms with Gasteiger partial charge in [0, 0.05) is 24.6 Å². The van der Waals surface area contributed by atoms with Crippen molar-refractivity contribution in [2.24, 2.45) is 0 Å². The molecule has 0 heterocycles. The molecule has 0 spiro atoms. The Morgan fingerprint density at radius 3 is 2.76 bits per heavy atom. The summed E-state index contributed by atoms with van der Waals surface area (Å²) in [5.74, 6) is 0.166. The Hall–Kier alpha value is -1.67. The summed E-state index contributed by atoms with van der Waals surface area (Å²) in [6.45, 7) is -0.478. The monoisotopic (exact) mass is 240 g/mol. The molecule has 5 heteroatoms.